The molecule has 0 fully saturated rings. The van der Waals surface area contributed by atoms with Gasteiger partial charge in [0.25, 0.3) is 0 Å². The summed E-state index contributed by atoms with van der Waals surface area (Å²) >= 11 is 0. The van der Waals surface area contributed by atoms with Crippen molar-refractivity contribution in [1.29, 1.82) is 0 Å². The minimum Gasteiger partial charge on any atom is -0.382 e. The SMILES string of the molecule is CCc1ccc(-c2nnn(-c3cccc(C)c3C)c2N)cc1. The molecule has 2 aromatic carbocycles. The van der Waals surface area contributed by atoms with E-state index < -0.39 is 0 Å². The summed E-state index contributed by atoms with van der Waals surface area (Å²) in [6.07, 6.45) is 1.02. The average Bonchev–Trinajstić information content (AvgIpc) is 2.92. The number of aromatic nitrogens is 3. The van der Waals surface area contributed by atoms with Crippen molar-refractivity contribution in [3.63, 3.8) is 0 Å². The van der Waals surface area contributed by atoms with Crippen LogP contribution in [0.3, 0.4) is 0 Å². The van der Waals surface area contributed by atoms with Gasteiger partial charge in [-0.05, 0) is 43.0 Å². The summed E-state index contributed by atoms with van der Waals surface area (Å²) in [5.41, 5.74) is 12.7. The van der Waals surface area contributed by atoms with Gasteiger partial charge in [-0.15, -0.1) is 5.10 Å². The molecule has 0 saturated carbocycles. The molecule has 112 valence electrons. The quantitative estimate of drug-likeness (QED) is 0.801. The van der Waals surface area contributed by atoms with Gasteiger partial charge in [0.1, 0.15) is 5.69 Å². The summed E-state index contributed by atoms with van der Waals surface area (Å²) in [7, 11) is 0. The van der Waals surface area contributed by atoms with E-state index in [0.29, 0.717) is 5.82 Å². The molecule has 1 heterocycles. The van der Waals surface area contributed by atoms with Crippen molar-refractivity contribution < 1.29 is 0 Å². The zero-order valence-corrected chi connectivity index (χ0v) is 13.2. The molecule has 0 aliphatic carbocycles. The van der Waals surface area contributed by atoms with Gasteiger partial charge < -0.3 is 5.73 Å². The number of nitrogens with two attached hydrogens (primary N) is 1. The van der Waals surface area contributed by atoms with Gasteiger partial charge in [-0.2, -0.15) is 4.68 Å². The highest BCUT2D eigenvalue weighted by atomic mass is 15.5. The van der Waals surface area contributed by atoms with Gasteiger partial charge in [-0.25, -0.2) is 0 Å². The van der Waals surface area contributed by atoms with Crippen molar-refractivity contribution in [2.45, 2.75) is 27.2 Å². The second-order valence-electron chi connectivity index (χ2n) is 5.50. The van der Waals surface area contributed by atoms with Crippen LogP contribution in [0.2, 0.25) is 0 Å². The Morgan fingerprint density at radius 1 is 1.05 bits per heavy atom. The Balaban J connectivity index is 2.06. The van der Waals surface area contributed by atoms with Crippen molar-refractivity contribution in [2.75, 3.05) is 5.73 Å². The van der Waals surface area contributed by atoms with Crippen LogP contribution >= 0.6 is 0 Å². The third-order valence-corrected chi connectivity index (χ3v) is 4.14. The number of hydrogen-bond donors (Lipinski definition) is 1. The highest BCUT2D eigenvalue weighted by Gasteiger charge is 2.14. The predicted molar refractivity (Wildman–Crippen MR) is 90.1 cm³/mol. The Morgan fingerprint density at radius 2 is 1.77 bits per heavy atom. The van der Waals surface area contributed by atoms with Gasteiger partial charge in [0.15, 0.2) is 5.82 Å². The zero-order chi connectivity index (χ0) is 15.7. The third-order valence-electron chi connectivity index (χ3n) is 4.14. The van der Waals surface area contributed by atoms with Crippen LogP contribution < -0.4 is 5.73 Å². The fraction of sp³-hybridized carbons (Fsp3) is 0.222. The van der Waals surface area contributed by atoms with Crippen LogP contribution in [-0.2, 0) is 6.42 Å². The van der Waals surface area contributed by atoms with Gasteiger partial charge in [-0.3, -0.25) is 0 Å². The summed E-state index contributed by atoms with van der Waals surface area (Å²) in [6, 6.07) is 14.4. The molecule has 0 saturated heterocycles. The van der Waals surface area contributed by atoms with Gasteiger partial charge in [-0.1, -0.05) is 48.5 Å². The summed E-state index contributed by atoms with van der Waals surface area (Å²) in [5.74, 6) is 0.568. The molecule has 4 heteroatoms. The molecule has 0 amide bonds. The number of rotatable bonds is 3. The normalized spacial score (nSPS) is 10.9. The minimum absolute atomic E-state index is 0.568. The van der Waals surface area contributed by atoms with E-state index in [-0.39, 0.29) is 0 Å². The highest BCUT2D eigenvalue weighted by molar-refractivity contribution is 5.71. The number of aryl methyl sites for hydroxylation is 2. The molecule has 3 rings (SSSR count). The van der Waals surface area contributed by atoms with E-state index in [2.05, 4.69) is 49.3 Å². The number of hydrogen-bond acceptors (Lipinski definition) is 3. The largest absolute Gasteiger partial charge is 0.382 e. The molecule has 0 bridgehead atoms. The lowest BCUT2D eigenvalue weighted by Gasteiger charge is -2.09. The number of benzene rings is 2. The standard InChI is InChI=1S/C18H20N4/c1-4-14-8-10-15(11-9-14)17-18(19)22(21-20-17)16-7-5-6-12(2)13(16)3/h5-11H,4,19H2,1-3H3. The molecule has 4 nitrogen and oxygen atoms in total. The smallest absolute Gasteiger partial charge is 0.155 e. The first-order valence-corrected chi connectivity index (χ1v) is 7.49. The van der Waals surface area contributed by atoms with E-state index in [1.807, 2.05) is 24.3 Å². The van der Waals surface area contributed by atoms with Crippen LogP contribution in [0.1, 0.15) is 23.6 Å². The second kappa shape index (κ2) is 5.64. The molecule has 2 N–H and O–H groups in total. The minimum atomic E-state index is 0.568. The maximum Gasteiger partial charge on any atom is 0.155 e. The molecule has 0 aliphatic heterocycles. The Labute approximate surface area is 130 Å². The van der Waals surface area contributed by atoms with E-state index in [1.54, 1.807) is 4.68 Å². The van der Waals surface area contributed by atoms with E-state index >= 15 is 0 Å². The van der Waals surface area contributed by atoms with E-state index in [0.717, 1.165) is 28.9 Å². The molecule has 3 aromatic rings. The van der Waals surface area contributed by atoms with Crippen LogP contribution in [-0.4, -0.2) is 15.0 Å². The lowest BCUT2D eigenvalue weighted by molar-refractivity contribution is 0.804. The van der Waals surface area contributed by atoms with Crippen LogP contribution in [0.25, 0.3) is 16.9 Å². The van der Waals surface area contributed by atoms with Gasteiger partial charge in [0.2, 0.25) is 0 Å². The first-order valence-electron chi connectivity index (χ1n) is 7.49. The summed E-state index contributed by atoms with van der Waals surface area (Å²) < 4.78 is 1.71. The van der Waals surface area contributed by atoms with Crippen molar-refractivity contribution in [3.05, 3.63) is 59.2 Å². The number of anilines is 1. The topological polar surface area (TPSA) is 56.7 Å². The average molecular weight is 292 g/mol. The Hall–Kier alpha value is -2.62. The van der Waals surface area contributed by atoms with Crippen molar-refractivity contribution in [3.8, 4) is 16.9 Å². The Kier molecular flexibility index (Phi) is 3.67. The van der Waals surface area contributed by atoms with Crippen LogP contribution in [0.15, 0.2) is 42.5 Å². The maximum absolute atomic E-state index is 6.29. The van der Waals surface area contributed by atoms with Gasteiger partial charge in [0.05, 0.1) is 5.69 Å². The first kappa shape index (κ1) is 14.3. The van der Waals surface area contributed by atoms with Crippen molar-refractivity contribution in [2.24, 2.45) is 0 Å². The second-order valence-corrected chi connectivity index (χ2v) is 5.50. The fourth-order valence-electron chi connectivity index (χ4n) is 2.54. The summed E-state index contributed by atoms with van der Waals surface area (Å²) in [4.78, 5) is 0. The Morgan fingerprint density at radius 3 is 2.45 bits per heavy atom. The molecule has 0 atom stereocenters. The van der Waals surface area contributed by atoms with Gasteiger partial charge in [0, 0.05) is 5.56 Å². The number of nitrogen functional groups attached to an aromatic ring is 1. The number of nitrogens with zero attached hydrogens (tertiary/aromatic N) is 3. The molecular formula is C18H20N4. The van der Waals surface area contributed by atoms with Crippen LogP contribution in [0.5, 0.6) is 0 Å². The molecule has 0 aliphatic rings. The lowest BCUT2D eigenvalue weighted by atomic mass is 10.1. The monoisotopic (exact) mass is 292 g/mol. The maximum atomic E-state index is 6.29. The van der Waals surface area contributed by atoms with Crippen molar-refractivity contribution >= 4 is 5.82 Å². The first-order chi connectivity index (χ1) is 10.6. The van der Waals surface area contributed by atoms with Crippen LogP contribution in [0, 0.1) is 13.8 Å². The van der Waals surface area contributed by atoms with Gasteiger partial charge >= 0.3 is 0 Å². The summed E-state index contributed by atoms with van der Waals surface area (Å²) in [6.45, 7) is 6.29. The summed E-state index contributed by atoms with van der Waals surface area (Å²) in [5, 5.41) is 8.53. The lowest BCUT2D eigenvalue weighted by Crippen LogP contribution is -2.05. The van der Waals surface area contributed by atoms with Crippen molar-refractivity contribution in [1.82, 2.24) is 15.0 Å². The van der Waals surface area contributed by atoms with E-state index in [9.17, 15) is 0 Å². The predicted octanol–water partition coefficient (Wildman–Crippen LogP) is 3.70. The molecular weight excluding hydrogens is 272 g/mol. The highest BCUT2D eigenvalue weighted by Crippen LogP contribution is 2.27. The fourth-order valence-corrected chi connectivity index (χ4v) is 2.54. The molecule has 22 heavy (non-hydrogen) atoms. The Bertz CT molecular complexity index is 800. The molecule has 1 aromatic heterocycles. The molecule has 0 unspecified atom stereocenters. The van der Waals surface area contributed by atoms with E-state index in [4.69, 9.17) is 5.73 Å². The van der Waals surface area contributed by atoms with Crippen LogP contribution in [0.4, 0.5) is 5.82 Å². The molecule has 0 radical (unpaired) electrons. The molecule has 0 spiro atoms. The zero-order valence-electron chi connectivity index (χ0n) is 13.2. The third kappa shape index (κ3) is 2.37. The van der Waals surface area contributed by atoms with E-state index in [1.165, 1.54) is 11.1 Å².